The van der Waals surface area contributed by atoms with E-state index >= 15 is 0 Å². The van der Waals surface area contributed by atoms with Gasteiger partial charge in [-0.25, -0.2) is 4.39 Å². The van der Waals surface area contributed by atoms with Crippen LogP contribution >= 0.6 is 0 Å². The zero-order chi connectivity index (χ0) is 10.8. The summed E-state index contributed by atoms with van der Waals surface area (Å²) in [6.45, 7) is 1.34. The Labute approximate surface area is 89.1 Å². The highest BCUT2D eigenvalue weighted by Crippen LogP contribution is 2.18. The second kappa shape index (κ2) is 4.18. The van der Waals surface area contributed by atoms with E-state index in [4.69, 9.17) is 0 Å². The second-order valence-electron chi connectivity index (χ2n) is 4.21. The zero-order valence-electron chi connectivity index (χ0n) is 9.15. The van der Waals surface area contributed by atoms with Gasteiger partial charge in [-0.05, 0) is 13.5 Å². The van der Waals surface area contributed by atoms with Crippen LogP contribution in [0.3, 0.4) is 0 Å². The van der Waals surface area contributed by atoms with E-state index in [1.165, 1.54) is 0 Å². The maximum Gasteiger partial charge on any atom is 0.114 e. The summed E-state index contributed by atoms with van der Waals surface area (Å²) in [5.74, 6) is 0. The lowest BCUT2D eigenvalue weighted by Gasteiger charge is -2.19. The number of anilines is 1. The number of alkyl halides is 1. The number of aromatic nitrogens is 2. The molecule has 0 radical (unpaired) electrons. The first kappa shape index (κ1) is 10.4. The maximum absolute atomic E-state index is 13.1. The van der Waals surface area contributed by atoms with Crippen molar-refractivity contribution in [2.45, 2.75) is 18.6 Å². The number of aryl methyl sites for hydroxylation is 1. The first-order valence-electron chi connectivity index (χ1n) is 5.22. The van der Waals surface area contributed by atoms with E-state index < -0.39 is 6.17 Å². The Morgan fingerprint density at radius 3 is 2.93 bits per heavy atom. The van der Waals surface area contributed by atoms with Crippen LogP contribution in [-0.2, 0) is 7.05 Å². The van der Waals surface area contributed by atoms with Crippen molar-refractivity contribution in [1.82, 2.24) is 14.7 Å². The number of nitrogens with one attached hydrogen (secondary N) is 1. The van der Waals surface area contributed by atoms with Gasteiger partial charge in [0.1, 0.15) is 6.17 Å². The smallest absolute Gasteiger partial charge is 0.114 e. The molecular weight excluding hydrogens is 195 g/mol. The Bertz CT molecular complexity index is 325. The third kappa shape index (κ3) is 2.47. The van der Waals surface area contributed by atoms with Gasteiger partial charge in [-0.1, -0.05) is 0 Å². The third-order valence-corrected chi connectivity index (χ3v) is 2.88. The first-order valence-corrected chi connectivity index (χ1v) is 5.22. The van der Waals surface area contributed by atoms with E-state index in [0.29, 0.717) is 19.0 Å². The van der Waals surface area contributed by atoms with Crippen LogP contribution in [0.1, 0.15) is 6.42 Å². The maximum atomic E-state index is 13.1. The first-order chi connectivity index (χ1) is 7.15. The molecule has 1 aromatic heterocycles. The molecule has 1 N–H and O–H groups in total. The molecule has 0 saturated carbocycles. The molecule has 0 bridgehead atoms. The fourth-order valence-corrected chi connectivity index (χ4v) is 2.00. The molecule has 1 aliphatic rings. The second-order valence-corrected chi connectivity index (χ2v) is 4.21. The highest BCUT2D eigenvalue weighted by molar-refractivity contribution is 5.38. The number of likely N-dealkylation sites (tertiary alicyclic amines) is 1. The summed E-state index contributed by atoms with van der Waals surface area (Å²) < 4.78 is 14.8. The molecule has 0 aromatic carbocycles. The normalized spacial score (nSPS) is 27.1. The summed E-state index contributed by atoms with van der Waals surface area (Å²) >= 11 is 0. The van der Waals surface area contributed by atoms with Crippen molar-refractivity contribution in [2.24, 2.45) is 7.05 Å². The summed E-state index contributed by atoms with van der Waals surface area (Å²) in [6, 6.07) is 0.292. The Balaban J connectivity index is 1.83. The Kier molecular flexibility index (Phi) is 2.90. The van der Waals surface area contributed by atoms with Crippen LogP contribution in [0.15, 0.2) is 12.4 Å². The number of hydrogen-bond acceptors (Lipinski definition) is 3. The van der Waals surface area contributed by atoms with Crippen LogP contribution in [0.2, 0.25) is 0 Å². The molecule has 1 aliphatic heterocycles. The van der Waals surface area contributed by atoms with E-state index in [1.54, 1.807) is 10.9 Å². The van der Waals surface area contributed by atoms with Crippen LogP contribution in [0.4, 0.5) is 10.1 Å². The monoisotopic (exact) mass is 212 g/mol. The largest absolute Gasteiger partial charge is 0.381 e. The van der Waals surface area contributed by atoms with Crippen molar-refractivity contribution in [3.05, 3.63) is 12.4 Å². The number of halogens is 1. The lowest BCUT2D eigenvalue weighted by Crippen LogP contribution is -2.31. The molecule has 5 heteroatoms. The molecule has 1 fully saturated rings. The van der Waals surface area contributed by atoms with Crippen molar-refractivity contribution in [2.75, 3.05) is 25.5 Å². The molecule has 4 nitrogen and oxygen atoms in total. The SMILES string of the molecule is CN1C[C@H](F)C[C@H]1CNc1cnn(C)c1. The van der Waals surface area contributed by atoms with Crippen molar-refractivity contribution >= 4 is 5.69 Å². The molecule has 1 saturated heterocycles. The van der Waals surface area contributed by atoms with E-state index in [-0.39, 0.29) is 0 Å². The number of hydrogen-bond donors (Lipinski definition) is 1. The van der Waals surface area contributed by atoms with Crippen molar-refractivity contribution in [3.8, 4) is 0 Å². The predicted octanol–water partition coefficient (Wildman–Crippen LogP) is 0.874. The Morgan fingerprint density at radius 2 is 2.40 bits per heavy atom. The molecular formula is C10H17FN4. The molecule has 2 rings (SSSR count). The molecule has 84 valence electrons. The molecule has 0 spiro atoms. The van der Waals surface area contributed by atoms with Crippen molar-refractivity contribution in [1.29, 1.82) is 0 Å². The number of nitrogens with zero attached hydrogens (tertiary/aromatic N) is 3. The topological polar surface area (TPSA) is 33.1 Å². The van der Waals surface area contributed by atoms with Gasteiger partial charge < -0.3 is 5.32 Å². The highest BCUT2D eigenvalue weighted by Gasteiger charge is 2.28. The van der Waals surface area contributed by atoms with Gasteiger partial charge in [0.05, 0.1) is 11.9 Å². The van der Waals surface area contributed by atoms with Gasteiger partial charge >= 0.3 is 0 Å². The lowest BCUT2D eigenvalue weighted by molar-refractivity contribution is 0.300. The highest BCUT2D eigenvalue weighted by atomic mass is 19.1. The van der Waals surface area contributed by atoms with Crippen LogP contribution in [0, 0.1) is 0 Å². The summed E-state index contributed by atoms with van der Waals surface area (Å²) in [5, 5.41) is 7.33. The van der Waals surface area contributed by atoms with E-state index in [1.807, 2.05) is 20.3 Å². The summed E-state index contributed by atoms with van der Waals surface area (Å²) in [5.41, 5.74) is 0.994. The minimum Gasteiger partial charge on any atom is -0.381 e. The number of likely N-dealkylation sites (N-methyl/N-ethyl adjacent to an activating group) is 1. The molecule has 2 heterocycles. The lowest BCUT2D eigenvalue weighted by atomic mass is 10.2. The van der Waals surface area contributed by atoms with Crippen molar-refractivity contribution in [3.63, 3.8) is 0 Å². The minimum atomic E-state index is -0.671. The van der Waals surface area contributed by atoms with Crippen LogP contribution < -0.4 is 5.32 Å². The van der Waals surface area contributed by atoms with Gasteiger partial charge in [0, 0.05) is 32.4 Å². The molecule has 1 aromatic rings. The minimum absolute atomic E-state index is 0.292. The summed E-state index contributed by atoms with van der Waals surface area (Å²) in [7, 11) is 3.85. The summed E-state index contributed by atoms with van der Waals surface area (Å²) in [4.78, 5) is 2.06. The van der Waals surface area contributed by atoms with E-state index in [9.17, 15) is 4.39 Å². The fourth-order valence-electron chi connectivity index (χ4n) is 2.00. The Morgan fingerprint density at radius 1 is 1.60 bits per heavy atom. The quantitative estimate of drug-likeness (QED) is 0.807. The number of rotatable bonds is 3. The van der Waals surface area contributed by atoms with Crippen LogP contribution in [-0.4, -0.2) is 47.0 Å². The average Bonchev–Trinajstić information content (AvgIpc) is 2.70. The van der Waals surface area contributed by atoms with E-state index in [2.05, 4.69) is 15.3 Å². The van der Waals surface area contributed by atoms with Gasteiger partial charge in [0.15, 0.2) is 0 Å². The van der Waals surface area contributed by atoms with Gasteiger partial charge in [-0.15, -0.1) is 0 Å². The van der Waals surface area contributed by atoms with Gasteiger partial charge in [-0.2, -0.15) is 5.10 Å². The average molecular weight is 212 g/mol. The molecule has 0 unspecified atom stereocenters. The molecule has 0 aliphatic carbocycles. The van der Waals surface area contributed by atoms with Crippen molar-refractivity contribution < 1.29 is 4.39 Å². The van der Waals surface area contributed by atoms with Crippen LogP contribution in [0.25, 0.3) is 0 Å². The predicted molar refractivity (Wildman–Crippen MR) is 57.6 cm³/mol. The Hall–Kier alpha value is -1.10. The fraction of sp³-hybridized carbons (Fsp3) is 0.700. The standard InChI is InChI=1S/C10H17FN4/c1-14-6-8(11)3-10(14)5-12-9-4-13-15(2)7-9/h4,7-8,10,12H,3,5-6H2,1-2H3/t8-,10+/m1/s1. The van der Waals surface area contributed by atoms with E-state index in [0.717, 1.165) is 12.2 Å². The van der Waals surface area contributed by atoms with Gasteiger partial charge in [0.25, 0.3) is 0 Å². The zero-order valence-corrected chi connectivity index (χ0v) is 9.15. The van der Waals surface area contributed by atoms with Crippen LogP contribution in [0.5, 0.6) is 0 Å². The van der Waals surface area contributed by atoms with Gasteiger partial charge in [0.2, 0.25) is 0 Å². The molecule has 2 atom stereocenters. The van der Waals surface area contributed by atoms with Gasteiger partial charge in [-0.3, -0.25) is 9.58 Å². The third-order valence-electron chi connectivity index (χ3n) is 2.88. The molecule has 15 heavy (non-hydrogen) atoms. The summed E-state index contributed by atoms with van der Waals surface area (Å²) in [6.07, 6.45) is 3.66. The molecule has 0 amide bonds.